The molecular weight excluding hydrogens is 625 g/mol. The van der Waals surface area contributed by atoms with Gasteiger partial charge in [0, 0.05) is 49.1 Å². The van der Waals surface area contributed by atoms with Crippen LogP contribution in [0.5, 0.6) is 5.75 Å². The van der Waals surface area contributed by atoms with Crippen molar-refractivity contribution in [2.45, 2.75) is 51.6 Å². The minimum atomic E-state index is -4.62. The number of ether oxygens (including phenoxy) is 2. The first-order chi connectivity index (χ1) is 21.9. The van der Waals surface area contributed by atoms with Crippen LogP contribution < -0.4 is 15.0 Å². The highest BCUT2D eigenvalue weighted by molar-refractivity contribution is 7.16. The first-order valence-corrected chi connectivity index (χ1v) is 15.9. The summed E-state index contributed by atoms with van der Waals surface area (Å²) in [6.45, 7) is 5.91. The van der Waals surface area contributed by atoms with E-state index in [9.17, 15) is 28.2 Å². The molecule has 1 aromatic carbocycles. The molecule has 46 heavy (non-hydrogen) atoms. The molecule has 0 aliphatic carbocycles. The van der Waals surface area contributed by atoms with E-state index in [1.165, 1.54) is 36.9 Å². The van der Waals surface area contributed by atoms with E-state index in [-0.39, 0.29) is 28.3 Å². The summed E-state index contributed by atoms with van der Waals surface area (Å²) in [6, 6.07) is 3.90. The quantitative estimate of drug-likeness (QED) is 0.231. The number of alkyl halides is 3. The maximum absolute atomic E-state index is 13.9. The Hall–Kier alpha value is -3.53. The number of aromatic nitrogens is 3. The van der Waals surface area contributed by atoms with Crippen LogP contribution in [0.1, 0.15) is 55.0 Å². The van der Waals surface area contributed by atoms with Gasteiger partial charge in [-0.15, -0.1) is 11.3 Å². The highest BCUT2D eigenvalue weighted by Gasteiger charge is 2.36. The Bertz CT molecular complexity index is 1490. The summed E-state index contributed by atoms with van der Waals surface area (Å²) in [5.41, 5.74) is -0.0327. The molecule has 11 nitrogen and oxygen atoms in total. The van der Waals surface area contributed by atoms with Gasteiger partial charge in [-0.25, -0.2) is 9.97 Å². The summed E-state index contributed by atoms with van der Waals surface area (Å²) in [7, 11) is 2.88. The summed E-state index contributed by atoms with van der Waals surface area (Å²) < 4.78 is 52.2. The normalized spacial score (nSPS) is 20.5. The van der Waals surface area contributed by atoms with Crippen LogP contribution in [0.15, 0.2) is 30.6 Å². The van der Waals surface area contributed by atoms with Crippen LogP contribution in [-0.4, -0.2) is 83.0 Å². The van der Waals surface area contributed by atoms with Crippen molar-refractivity contribution in [3.05, 3.63) is 46.7 Å². The number of carboxylic acid groups (broad SMARTS) is 1. The van der Waals surface area contributed by atoms with Crippen molar-refractivity contribution in [2.75, 3.05) is 57.2 Å². The van der Waals surface area contributed by atoms with Crippen molar-refractivity contribution in [1.29, 1.82) is 0 Å². The van der Waals surface area contributed by atoms with E-state index in [0.29, 0.717) is 55.7 Å². The summed E-state index contributed by atoms with van der Waals surface area (Å²) in [6.07, 6.45) is 0.0652. The topological polar surface area (TPSA) is 133 Å². The van der Waals surface area contributed by atoms with E-state index in [1.54, 1.807) is 13.2 Å². The van der Waals surface area contributed by atoms with Gasteiger partial charge in [-0.3, -0.25) is 14.7 Å². The number of hydrogen-bond donors (Lipinski definition) is 3. The number of thiazole rings is 1. The smallest absolute Gasteiger partial charge is 0.419 e. The molecule has 2 aliphatic heterocycles. The molecule has 2 aliphatic rings. The number of anilines is 2. The zero-order valence-electron chi connectivity index (χ0n) is 26.0. The fraction of sp³-hybridized carbons (Fsp3) is 0.548. The van der Waals surface area contributed by atoms with Crippen molar-refractivity contribution < 1.29 is 37.7 Å². The van der Waals surface area contributed by atoms with Gasteiger partial charge in [0.05, 0.1) is 43.3 Å². The second-order valence-corrected chi connectivity index (χ2v) is 13.3. The van der Waals surface area contributed by atoms with E-state index in [2.05, 4.69) is 32.1 Å². The number of likely N-dealkylation sites (tertiary alicyclic amines) is 1. The highest BCUT2D eigenvalue weighted by Crippen LogP contribution is 2.41. The van der Waals surface area contributed by atoms with E-state index >= 15 is 0 Å². The number of carboxylic acids is 1. The van der Waals surface area contributed by atoms with E-state index in [0.717, 1.165) is 36.9 Å². The zero-order chi connectivity index (χ0) is 33.1. The summed E-state index contributed by atoms with van der Waals surface area (Å²) in [5, 5.41) is 23.5. The lowest BCUT2D eigenvalue weighted by Crippen LogP contribution is -2.43. The largest absolute Gasteiger partial charge is 0.496 e. The van der Waals surface area contributed by atoms with Crippen LogP contribution >= 0.6 is 11.3 Å². The fourth-order valence-electron chi connectivity index (χ4n) is 6.24. The monoisotopic (exact) mass is 664 g/mol. The van der Waals surface area contributed by atoms with Gasteiger partial charge in [-0.05, 0) is 50.4 Å². The van der Waals surface area contributed by atoms with Gasteiger partial charge in [0.25, 0.3) is 0 Å². The summed E-state index contributed by atoms with van der Waals surface area (Å²) in [4.78, 5) is 29.7. The predicted molar refractivity (Wildman–Crippen MR) is 167 cm³/mol. The van der Waals surface area contributed by atoms with Crippen molar-refractivity contribution >= 4 is 28.3 Å². The second kappa shape index (κ2) is 14.1. The van der Waals surface area contributed by atoms with E-state index in [1.807, 2.05) is 4.90 Å². The second-order valence-electron chi connectivity index (χ2n) is 12.2. The number of benzene rings is 1. The van der Waals surface area contributed by atoms with E-state index < -0.39 is 23.9 Å². The lowest BCUT2D eigenvalue weighted by molar-refractivity contribution is -0.142. The lowest BCUT2D eigenvalue weighted by atomic mass is 9.82. The third-order valence-corrected chi connectivity index (χ3v) is 9.53. The SMILES string of the molecule is COCC1(C)CCCN(Cc2sc(NC(O)c3cnc(N4CCC(C(=O)O)CC4)cn3)nc2-c2ccc(OC)c(C(F)(F)F)c2)C1. The average molecular weight is 665 g/mol. The molecule has 5 rings (SSSR count). The molecule has 2 saturated heterocycles. The van der Waals surface area contributed by atoms with Crippen LogP contribution in [0.3, 0.4) is 0 Å². The van der Waals surface area contributed by atoms with Gasteiger partial charge in [0.15, 0.2) is 11.4 Å². The van der Waals surface area contributed by atoms with Gasteiger partial charge >= 0.3 is 12.1 Å². The molecule has 2 atom stereocenters. The number of hydrogen-bond acceptors (Lipinski definition) is 11. The maximum Gasteiger partial charge on any atom is 0.419 e. The standard InChI is InChI=1S/C31H39F3N6O5S/c1-30(18-44-2)9-4-10-39(17-30)16-24-26(20-5-6-23(45-3)21(13-20)31(32,33)34)37-29(46-24)38-27(41)22-14-36-25(15-35-22)40-11-7-19(8-12-40)28(42)43/h5-6,13-15,19,27,41H,4,7-12,16-18H2,1-3H3,(H,37,38)(H,42,43). The molecule has 4 heterocycles. The number of aliphatic carboxylic acids is 1. The molecule has 250 valence electrons. The van der Waals surface area contributed by atoms with Crippen molar-refractivity contribution in [3.63, 3.8) is 0 Å². The number of piperidine rings is 2. The van der Waals surface area contributed by atoms with Crippen LogP contribution in [0.4, 0.5) is 24.1 Å². The number of aliphatic hydroxyl groups is 1. The zero-order valence-corrected chi connectivity index (χ0v) is 26.8. The molecule has 2 fully saturated rings. The van der Waals surface area contributed by atoms with Crippen LogP contribution in [0, 0.1) is 11.3 Å². The molecule has 3 N–H and O–H groups in total. The number of carbonyl (C=O) groups is 1. The Balaban J connectivity index is 1.38. The fourth-order valence-corrected chi connectivity index (χ4v) is 7.29. The average Bonchev–Trinajstić information content (AvgIpc) is 3.41. The third kappa shape index (κ3) is 7.88. The number of nitrogens with one attached hydrogen (secondary N) is 1. The first-order valence-electron chi connectivity index (χ1n) is 15.1. The molecule has 0 saturated carbocycles. The van der Waals surface area contributed by atoms with Crippen LogP contribution in [0.25, 0.3) is 11.3 Å². The molecule has 0 amide bonds. The molecule has 0 radical (unpaired) electrons. The number of methoxy groups -OCH3 is 2. The molecule has 2 unspecified atom stereocenters. The van der Waals surface area contributed by atoms with Gasteiger partial charge in [0.1, 0.15) is 17.3 Å². The van der Waals surface area contributed by atoms with Crippen molar-refractivity contribution in [3.8, 4) is 17.0 Å². The number of aliphatic hydroxyl groups excluding tert-OH is 1. The van der Waals surface area contributed by atoms with Crippen molar-refractivity contribution in [2.24, 2.45) is 11.3 Å². The molecule has 0 spiro atoms. The Labute approximate surface area is 269 Å². The third-order valence-electron chi connectivity index (χ3n) is 8.56. The Kier molecular flexibility index (Phi) is 10.3. The van der Waals surface area contributed by atoms with Crippen LogP contribution in [-0.2, 0) is 22.3 Å². The minimum absolute atomic E-state index is 0.0459. The molecular formula is C31H39F3N6O5S. The number of rotatable bonds is 11. The van der Waals surface area contributed by atoms with Gasteiger partial charge in [0.2, 0.25) is 0 Å². The van der Waals surface area contributed by atoms with Crippen molar-refractivity contribution in [1.82, 2.24) is 19.9 Å². The summed E-state index contributed by atoms with van der Waals surface area (Å²) >= 11 is 1.26. The van der Waals surface area contributed by atoms with Crippen LogP contribution in [0.2, 0.25) is 0 Å². The van der Waals surface area contributed by atoms with Gasteiger partial charge in [-0.1, -0.05) is 6.92 Å². The molecule has 2 aromatic heterocycles. The van der Waals surface area contributed by atoms with Gasteiger partial charge < -0.3 is 29.9 Å². The predicted octanol–water partition coefficient (Wildman–Crippen LogP) is 5.28. The minimum Gasteiger partial charge on any atom is -0.496 e. The Morgan fingerprint density at radius 1 is 1.20 bits per heavy atom. The molecule has 3 aromatic rings. The number of nitrogens with zero attached hydrogens (tertiary/aromatic N) is 5. The van der Waals surface area contributed by atoms with E-state index in [4.69, 9.17) is 9.47 Å². The molecule has 15 heteroatoms. The van der Waals surface area contributed by atoms with Gasteiger partial charge in [-0.2, -0.15) is 13.2 Å². The first kappa shape index (κ1) is 33.8. The summed E-state index contributed by atoms with van der Waals surface area (Å²) in [5.74, 6) is -0.857. The highest BCUT2D eigenvalue weighted by atomic mass is 32.1. The molecule has 0 bridgehead atoms. The Morgan fingerprint density at radius 2 is 1.96 bits per heavy atom. The number of halogens is 3. The lowest BCUT2D eigenvalue weighted by Gasteiger charge is -2.40. The Morgan fingerprint density at radius 3 is 2.59 bits per heavy atom. The maximum atomic E-state index is 13.9.